The van der Waals surface area contributed by atoms with Crippen molar-refractivity contribution in [3.8, 4) is 0 Å². The predicted molar refractivity (Wildman–Crippen MR) is 77.7 cm³/mol. The molecule has 2 aromatic rings. The van der Waals surface area contributed by atoms with Gasteiger partial charge >= 0.3 is 0 Å². The molecule has 1 heterocycles. The molecule has 0 aliphatic heterocycles. The van der Waals surface area contributed by atoms with Crippen LogP contribution >= 0.6 is 11.6 Å². The zero-order valence-corrected chi connectivity index (χ0v) is 12.4. The highest BCUT2D eigenvalue weighted by molar-refractivity contribution is 7.89. The molecular formula is C12H11ClN4O3S. The fourth-order valence-electron chi connectivity index (χ4n) is 1.48. The van der Waals surface area contributed by atoms with Crippen LogP contribution in [0, 0.1) is 0 Å². The Morgan fingerprint density at radius 2 is 2.00 bits per heavy atom. The Kier molecular flexibility index (Phi) is 4.51. The van der Waals surface area contributed by atoms with Gasteiger partial charge in [-0.25, -0.2) is 23.1 Å². The van der Waals surface area contributed by atoms with Gasteiger partial charge in [0.25, 0.3) is 5.91 Å². The SMILES string of the molecule is CNS(=O)(=O)c1cccc(NC(=O)c2cnc(Cl)cn2)c1. The topological polar surface area (TPSA) is 101 Å². The number of benzene rings is 1. The number of hydrogen-bond donors (Lipinski definition) is 2. The molecule has 1 amide bonds. The monoisotopic (exact) mass is 326 g/mol. The highest BCUT2D eigenvalue weighted by Gasteiger charge is 2.13. The molecule has 1 aromatic heterocycles. The van der Waals surface area contributed by atoms with Crippen molar-refractivity contribution in [1.82, 2.24) is 14.7 Å². The van der Waals surface area contributed by atoms with Gasteiger partial charge in [0.2, 0.25) is 10.0 Å². The van der Waals surface area contributed by atoms with Gasteiger partial charge in [0.1, 0.15) is 10.8 Å². The summed E-state index contributed by atoms with van der Waals surface area (Å²) in [7, 11) is -2.26. The summed E-state index contributed by atoms with van der Waals surface area (Å²) in [4.78, 5) is 19.6. The van der Waals surface area contributed by atoms with Crippen LogP contribution in [0.25, 0.3) is 0 Å². The number of rotatable bonds is 4. The number of anilines is 1. The van der Waals surface area contributed by atoms with Crippen molar-refractivity contribution in [1.29, 1.82) is 0 Å². The van der Waals surface area contributed by atoms with Gasteiger partial charge in [0.15, 0.2) is 0 Å². The fraction of sp³-hybridized carbons (Fsp3) is 0.0833. The predicted octanol–water partition coefficient (Wildman–Crippen LogP) is 1.29. The summed E-state index contributed by atoms with van der Waals surface area (Å²) in [6.07, 6.45) is 2.48. The maximum atomic E-state index is 11.9. The average Bonchev–Trinajstić information content (AvgIpc) is 2.48. The van der Waals surface area contributed by atoms with Crippen LogP contribution in [-0.2, 0) is 10.0 Å². The largest absolute Gasteiger partial charge is 0.321 e. The maximum absolute atomic E-state index is 11.9. The number of sulfonamides is 1. The molecule has 0 unspecified atom stereocenters. The summed E-state index contributed by atoms with van der Waals surface area (Å²) < 4.78 is 25.6. The van der Waals surface area contributed by atoms with Gasteiger partial charge in [-0.15, -0.1) is 0 Å². The number of hydrogen-bond acceptors (Lipinski definition) is 5. The van der Waals surface area contributed by atoms with Crippen LogP contribution in [0.4, 0.5) is 5.69 Å². The summed E-state index contributed by atoms with van der Waals surface area (Å²) >= 11 is 5.58. The molecule has 2 rings (SSSR count). The lowest BCUT2D eigenvalue weighted by Crippen LogP contribution is -2.19. The molecule has 0 saturated heterocycles. The third-order valence-electron chi connectivity index (χ3n) is 2.52. The number of halogens is 1. The Bertz CT molecular complexity index is 762. The second kappa shape index (κ2) is 6.17. The molecule has 0 aliphatic rings. The first kappa shape index (κ1) is 15.4. The van der Waals surface area contributed by atoms with Crippen molar-refractivity contribution >= 4 is 33.2 Å². The van der Waals surface area contributed by atoms with Gasteiger partial charge in [-0.05, 0) is 25.2 Å². The smallest absolute Gasteiger partial charge is 0.275 e. The van der Waals surface area contributed by atoms with Crippen LogP contribution in [0.15, 0.2) is 41.6 Å². The summed E-state index contributed by atoms with van der Waals surface area (Å²) in [5.41, 5.74) is 0.398. The van der Waals surface area contributed by atoms with Gasteiger partial charge in [0, 0.05) is 5.69 Å². The van der Waals surface area contributed by atoms with Crippen LogP contribution in [-0.4, -0.2) is 31.3 Å². The second-order valence-corrected chi connectivity index (χ2v) is 6.19. The first-order valence-electron chi connectivity index (χ1n) is 5.75. The Morgan fingerprint density at radius 3 is 2.62 bits per heavy atom. The normalized spacial score (nSPS) is 11.1. The van der Waals surface area contributed by atoms with Gasteiger partial charge < -0.3 is 5.32 Å². The minimum absolute atomic E-state index is 0.0463. The van der Waals surface area contributed by atoms with E-state index in [1.807, 2.05) is 0 Å². The lowest BCUT2D eigenvalue weighted by atomic mass is 10.3. The van der Waals surface area contributed by atoms with Crippen molar-refractivity contribution in [2.45, 2.75) is 4.90 Å². The quantitative estimate of drug-likeness (QED) is 0.881. The number of aromatic nitrogens is 2. The van der Waals surface area contributed by atoms with Crippen molar-refractivity contribution in [2.24, 2.45) is 0 Å². The Hall–Kier alpha value is -2.03. The summed E-state index contributed by atoms with van der Waals surface area (Å²) in [6, 6.07) is 5.85. The maximum Gasteiger partial charge on any atom is 0.275 e. The molecule has 2 N–H and O–H groups in total. The molecule has 7 nitrogen and oxygen atoms in total. The first-order chi connectivity index (χ1) is 9.92. The molecule has 21 heavy (non-hydrogen) atoms. The van der Waals surface area contributed by atoms with E-state index in [1.54, 1.807) is 6.07 Å². The molecule has 110 valence electrons. The zero-order chi connectivity index (χ0) is 15.5. The van der Waals surface area contributed by atoms with E-state index in [-0.39, 0.29) is 15.7 Å². The van der Waals surface area contributed by atoms with Gasteiger partial charge in [-0.2, -0.15) is 0 Å². The van der Waals surface area contributed by atoms with Crippen molar-refractivity contribution in [2.75, 3.05) is 12.4 Å². The molecule has 0 spiro atoms. The Morgan fingerprint density at radius 1 is 1.24 bits per heavy atom. The molecule has 0 bridgehead atoms. The van der Waals surface area contributed by atoms with E-state index in [2.05, 4.69) is 20.0 Å². The second-order valence-electron chi connectivity index (χ2n) is 3.91. The highest BCUT2D eigenvalue weighted by Crippen LogP contribution is 2.15. The first-order valence-corrected chi connectivity index (χ1v) is 7.61. The van der Waals surface area contributed by atoms with Crippen LogP contribution < -0.4 is 10.0 Å². The molecule has 9 heteroatoms. The lowest BCUT2D eigenvalue weighted by Gasteiger charge is -2.07. The van der Waals surface area contributed by atoms with E-state index in [0.717, 1.165) is 0 Å². The molecule has 0 atom stereocenters. The third kappa shape index (κ3) is 3.75. The van der Waals surface area contributed by atoms with E-state index >= 15 is 0 Å². The van der Waals surface area contributed by atoms with Crippen molar-refractivity contribution in [3.05, 3.63) is 47.5 Å². The number of nitrogens with one attached hydrogen (secondary N) is 2. The molecular weight excluding hydrogens is 316 g/mol. The molecule has 0 radical (unpaired) electrons. The van der Waals surface area contributed by atoms with Crippen LogP contribution in [0.3, 0.4) is 0 Å². The molecule has 0 fully saturated rings. The lowest BCUT2D eigenvalue weighted by molar-refractivity contribution is 0.102. The number of nitrogens with zero attached hydrogens (tertiary/aromatic N) is 2. The Labute approximate surface area is 126 Å². The third-order valence-corrected chi connectivity index (χ3v) is 4.13. The standard InChI is InChI=1S/C12H11ClN4O3S/c1-14-21(19,20)9-4-2-3-8(5-9)17-12(18)10-6-16-11(13)7-15-10/h2-7,14H,1H3,(H,17,18). The van der Waals surface area contributed by atoms with E-state index in [1.165, 1.54) is 37.6 Å². The van der Waals surface area contributed by atoms with Crippen molar-refractivity contribution in [3.63, 3.8) is 0 Å². The van der Waals surface area contributed by atoms with Crippen LogP contribution in [0.2, 0.25) is 5.15 Å². The van der Waals surface area contributed by atoms with Crippen LogP contribution in [0.1, 0.15) is 10.5 Å². The van der Waals surface area contributed by atoms with E-state index in [4.69, 9.17) is 11.6 Å². The van der Waals surface area contributed by atoms with Crippen molar-refractivity contribution < 1.29 is 13.2 Å². The minimum atomic E-state index is -3.57. The molecule has 1 aromatic carbocycles. The summed E-state index contributed by atoms with van der Waals surface area (Å²) in [5.74, 6) is -0.516. The van der Waals surface area contributed by atoms with Crippen LogP contribution in [0.5, 0.6) is 0 Å². The van der Waals surface area contributed by atoms with E-state index < -0.39 is 15.9 Å². The zero-order valence-electron chi connectivity index (χ0n) is 10.9. The molecule has 0 saturated carbocycles. The molecule has 0 aliphatic carbocycles. The number of carbonyl (C=O) groups is 1. The average molecular weight is 327 g/mol. The number of carbonyl (C=O) groups excluding carboxylic acids is 1. The minimum Gasteiger partial charge on any atom is -0.321 e. The van der Waals surface area contributed by atoms with Gasteiger partial charge in [-0.1, -0.05) is 17.7 Å². The highest BCUT2D eigenvalue weighted by atomic mass is 35.5. The number of amides is 1. The van der Waals surface area contributed by atoms with E-state index in [9.17, 15) is 13.2 Å². The van der Waals surface area contributed by atoms with Gasteiger partial charge in [-0.3, -0.25) is 4.79 Å². The summed E-state index contributed by atoms with van der Waals surface area (Å²) in [5, 5.41) is 2.71. The Balaban J connectivity index is 2.22. The summed E-state index contributed by atoms with van der Waals surface area (Å²) in [6.45, 7) is 0. The van der Waals surface area contributed by atoms with Gasteiger partial charge in [0.05, 0.1) is 17.3 Å². The fourth-order valence-corrected chi connectivity index (χ4v) is 2.36. The van der Waals surface area contributed by atoms with E-state index in [0.29, 0.717) is 5.69 Å².